The van der Waals surface area contributed by atoms with E-state index in [2.05, 4.69) is 0 Å². The first-order valence-corrected chi connectivity index (χ1v) is 3.74. The normalized spacial score (nSPS) is 47.0. The summed E-state index contributed by atoms with van der Waals surface area (Å²) in [6.07, 6.45) is 0.357. The zero-order valence-corrected chi connectivity index (χ0v) is 5.93. The van der Waals surface area contributed by atoms with Crippen molar-refractivity contribution in [1.82, 2.24) is 0 Å². The molecule has 0 aromatic heterocycles. The van der Waals surface area contributed by atoms with Gasteiger partial charge >= 0.3 is 5.97 Å². The largest absolute Gasteiger partial charge is 0.481 e. The Balaban J connectivity index is 1.96. The van der Waals surface area contributed by atoms with Gasteiger partial charge in [0.15, 0.2) is 0 Å². The van der Waals surface area contributed by atoms with Crippen LogP contribution in [0.4, 0.5) is 0 Å². The molecule has 1 aliphatic heterocycles. The van der Waals surface area contributed by atoms with Gasteiger partial charge in [0.1, 0.15) is 0 Å². The molecule has 1 heterocycles. The first-order chi connectivity index (χ1) is 5.18. The Morgan fingerprint density at radius 1 is 1.64 bits per heavy atom. The number of hydrogen-bond acceptors (Lipinski definition) is 3. The fourth-order valence-electron chi connectivity index (χ4n) is 1.81. The number of rotatable bonds is 2. The maximum absolute atomic E-state index is 10.3. The average Bonchev–Trinajstić information content (AvgIpc) is 2.56. The van der Waals surface area contributed by atoms with E-state index in [0.29, 0.717) is 6.42 Å². The quantitative estimate of drug-likeness (QED) is 0.537. The van der Waals surface area contributed by atoms with Crippen molar-refractivity contribution in [3.8, 4) is 0 Å². The molecular formula is C7H10O4. The van der Waals surface area contributed by atoms with Gasteiger partial charge in [0.2, 0.25) is 0 Å². The van der Waals surface area contributed by atoms with Crippen molar-refractivity contribution >= 4 is 5.97 Å². The van der Waals surface area contributed by atoms with Crippen molar-refractivity contribution in [3.05, 3.63) is 0 Å². The van der Waals surface area contributed by atoms with Gasteiger partial charge in [0, 0.05) is 12.3 Å². The number of aliphatic hydroxyl groups is 1. The fraction of sp³-hybridized carbons (Fsp3) is 0.857. The maximum atomic E-state index is 10.3. The minimum absolute atomic E-state index is 0.0288. The molecule has 62 valence electrons. The molecule has 0 aromatic rings. The lowest BCUT2D eigenvalue weighted by Gasteiger charge is -2.13. The van der Waals surface area contributed by atoms with Crippen LogP contribution >= 0.6 is 0 Å². The Morgan fingerprint density at radius 3 is 2.82 bits per heavy atom. The molecule has 4 heteroatoms. The molecule has 2 fully saturated rings. The molecule has 1 aliphatic carbocycles. The molecule has 0 spiro atoms. The topological polar surface area (TPSA) is 70.1 Å². The van der Waals surface area contributed by atoms with Crippen LogP contribution in [0.3, 0.4) is 0 Å². The summed E-state index contributed by atoms with van der Waals surface area (Å²) in [6, 6.07) is 0. The Kier molecular flexibility index (Phi) is 1.40. The van der Waals surface area contributed by atoms with Crippen LogP contribution in [-0.2, 0) is 9.53 Å². The second kappa shape index (κ2) is 2.19. The molecule has 0 unspecified atom stereocenters. The van der Waals surface area contributed by atoms with Crippen LogP contribution < -0.4 is 0 Å². The highest BCUT2D eigenvalue weighted by Gasteiger charge is 2.55. The summed E-state index contributed by atoms with van der Waals surface area (Å²) in [5.74, 6) is -1.03. The minimum Gasteiger partial charge on any atom is -0.481 e. The van der Waals surface area contributed by atoms with Crippen molar-refractivity contribution in [3.63, 3.8) is 0 Å². The highest BCUT2D eigenvalue weighted by molar-refractivity contribution is 5.67. The molecule has 4 atom stereocenters. The van der Waals surface area contributed by atoms with E-state index in [1.807, 2.05) is 0 Å². The number of carboxylic acids is 1. The second-order valence-corrected chi connectivity index (χ2v) is 3.20. The van der Waals surface area contributed by atoms with Gasteiger partial charge in [0.05, 0.1) is 24.7 Å². The lowest BCUT2D eigenvalue weighted by molar-refractivity contribution is -0.139. The predicted octanol–water partition coefficient (Wildman–Crippen LogP) is -0.391. The van der Waals surface area contributed by atoms with Gasteiger partial charge in [0.25, 0.3) is 0 Å². The summed E-state index contributed by atoms with van der Waals surface area (Å²) in [5, 5.41) is 17.8. The summed E-state index contributed by atoms with van der Waals surface area (Å²) in [4.78, 5) is 10.3. The SMILES string of the molecule is O=C(O)C[C@@H]1[C@H]2O[C@H]2C[C@H]1O. The van der Waals surface area contributed by atoms with Gasteiger partial charge in [-0.1, -0.05) is 0 Å². The van der Waals surface area contributed by atoms with Gasteiger partial charge in [-0.2, -0.15) is 0 Å². The Hall–Kier alpha value is -0.610. The number of ether oxygens (including phenoxy) is 1. The van der Waals surface area contributed by atoms with E-state index in [9.17, 15) is 9.90 Å². The van der Waals surface area contributed by atoms with E-state index in [1.54, 1.807) is 0 Å². The smallest absolute Gasteiger partial charge is 0.303 e. The van der Waals surface area contributed by atoms with Crippen molar-refractivity contribution in [2.75, 3.05) is 0 Å². The van der Waals surface area contributed by atoms with Gasteiger partial charge in [-0.05, 0) is 0 Å². The molecule has 11 heavy (non-hydrogen) atoms. The Bertz CT molecular complexity index is 189. The number of aliphatic carboxylic acids is 1. The van der Waals surface area contributed by atoms with Crippen molar-refractivity contribution in [2.45, 2.75) is 31.2 Å². The molecule has 2 aliphatic rings. The van der Waals surface area contributed by atoms with E-state index in [0.717, 1.165) is 0 Å². The monoisotopic (exact) mass is 158 g/mol. The van der Waals surface area contributed by atoms with Crippen LogP contribution in [0, 0.1) is 5.92 Å². The molecule has 0 amide bonds. The molecule has 1 saturated carbocycles. The number of hydrogen-bond donors (Lipinski definition) is 2. The maximum Gasteiger partial charge on any atom is 0.303 e. The minimum atomic E-state index is -0.856. The molecule has 4 nitrogen and oxygen atoms in total. The molecular weight excluding hydrogens is 148 g/mol. The zero-order valence-electron chi connectivity index (χ0n) is 5.93. The van der Waals surface area contributed by atoms with E-state index in [4.69, 9.17) is 9.84 Å². The lowest BCUT2D eigenvalue weighted by atomic mass is 10.0. The predicted molar refractivity (Wildman–Crippen MR) is 35.0 cm³/mol. The summed E-state index contributed by atoms with van der Waals surface area (Å²) < 4.78 is 5.11. The third kappa shape index (κ3) is 1.12. The van der Waals surface area contributed by atoms with Crippen molar-refractivity contribution in [2.24, 2.45) is 5.92 Å². The number of carbonyl (C=O) groups is 1. The second-order valence-electron chi connectivity index (χ2n) is 3.20. The number of aliphatic hydroxyl groups excluding tert-OH is 1. The first kappa shape index (κ1) is 7.06. The van der Waals surface area contributed by atoms with Crippen LogP contribution in [0.2, 0.25) is 0 Å². The standard InChI is InChI=1S/C7H10O4/c8-4-2-5-7(11-5)3(4)1-6(9)10/h3-5,7-8H,1-2H2,(H,9,10)/t3-,4+,5-,7+/m0/s1. The molecule has 1 saturated heterocycles. The molecule has 2 N–H and O–H groups in total. The van der Waals surface area contributed by atoms with E-state index in [-0.39, 0.29) is 24.5 Å². The van der Waals surface area contributed by atoms with Crippen LogP contribution in [0.15, 0.2) is 0 Å². The first-order valence-electron chi connectivity index (χ1n) is 3.74. The van der Waals surface area contributed by atoms with E-state index < -0.39 is 12.1 Å². The third-order valence-corrected chi connectivity index (χ3v) is 2.42. The van der Waals surface area contributed by atoms with Crippen LogP contribution in [-0.4, -0.2) is 34.5 Å². The van der Waals surface area contributed by atoms with Gasteiger partial charge in [-0.15, -0.1) is 0 Å². The van der Waals surface area contributed by atoms with Crippen molar-refractivity contribution in [1.29, 1.82) is 0 Å². The average molecular weight is 158 g/mol. The number of carboxylic acid groups (broad SMARTS) is 1. The van der Waals surface area contributed by atoms with Crippen molar-refractivity contribution < 1.29 is 19.7 Å². The van der Waals surface area contributed by atoms with Crippen LogP contribution in [0.25, 0.3) is 0 Å². The summed E-state index contributed by atoms with van der Waals surface area (Å²) in [6.45, 7) is 0. The molecule has 2 rings (SSSR count). The molecule has 0 bridgehead atoms. The van der Waals surface area contributed by atoms with E-state index >= 15 is 0 Å². The Labute approximate surface area is 63.8 Å². The van der Waals surface area contributed by atoms with Gasteiger partial charge < -0.3 is 14.9 Å². The highest BCUT2D eigenvalue weighted by Crippen LogP contribution is 2.44. The summed E-state index contributed by atoms with van der Waals surface area (Å²) in [5.41, 5.74) is 0. The van der Waals surface area contributed by atoms with Gasteiger partial charge in [-0.3, -0.25) is 4.79 Å². The third-order valence-electron chi connectivity index (χ3n) is 2.42. The number of fused-ring (bicyclic) bond motifs is 1. The molecule has 0 radical (unpaired) electrons. The highest BCUT2D eigenvalue weighted by atomic mass is 16.6. The van der Waals surface area contributed by atoms with Crippen LogP contribution in [0.1, 0.15) is 12.8 Å². The summed E-state index contributed by atoms with van der Waals surface area (Å²) >= 11 is 0. The lowest BCUT2D eigenvalue weighted by Crippen LogP contribution is -2.22. The molecule has 0 aromatic carbocycles. The number of epoxide rings is 1. The van der Waals surface area contributed by atoms with Crippen LogP contribution in [0.5, 0.6) is 0 Å². The zero-order chi connectivity index (χ0) is 8.01. The van der Waals surface area contributed by atoms with E-state index in [1.165, 1.54) is 0 Å². The van der Waals surface area contributed by atoms with Gasteiger partial charge in [-0.25, -0.2) is 0 Å². The summed E-state index contributed by atoms with van der Waals surface area (Å²) in [7, 11) is 0. The Morgan fingerprint density at radius 2 is 2.36 bits per heavy atom. The fourth-order valence-corrected chi connectivity index (χ4v) is 1.81.